The summed E-state index contributed by atoms with van der Waals surface area (Å²) in [7, 11) is 0. The fraction of sp³-hybridized carbons (Fsp3) is 0. The van der Waals surface area contributed by atoms with Gasteiger partial charge >= 0.3 is 5.97 Å². The maximum absolute atomic E-state index is 11.7. The van der Waals surface area contributed by atoms with Gasteiger partial charge in [0, 0.05) is 0 Å². The number of fused-ring (bicyclic) bond motifs is 2. The molecule has 27 heavy (non-hydrogen) atoms. The Bertz CT molecular complexity index is 1170. The second kappa shape index (κ2) is 6.22. The Kier molecular flexibility index (Phi) is 3.70. The van der Waals surface area contributed by atoms with Gasteiger partial charge in [0.2, 0.25) is 0 Å². The molecule has 0 spiro atoms. The average Bonchev–Trinajstić information content (AvgIpc) is 3.31. The van der Waals surface area contributed by atoms with E-state index in [0.29, 0.717) is 21.4 Å². The predicted octanol–water partition coefficient (Wildman–Crippen LogP) is 5.33. The zero-order valence-electron chi connectivity index (χ0n) is 13.8. The molecule has 5 nitrogen and oxygen atoms in total. The van der Waals surface area contributed by atoms with Crippen LogP contribution in [-0.2, 0) is 0 Å². The first kappa shape index (κ1) is 16.0. The monoisotopic (exact) mass is 389 g/mol. The van der Waals surface area contributed by atoms with Gasteiger partial charge in [0.25, 0.3) is 0 Å². The number of para-hydroxylation sites is 2. The van der Waals surface area contributed by atoms with Gasteiger partial charge in [-0.1, -0.05) is 24.3 Å². The van der Waals surface area contributed by atoms with E-state index in [1.54, 1.807) is 12.1 Å². The van der Waals surface area contributed by atoms with E-state index < -0.39 is 5.97 Å². The summed E-state index contributed by atoms with van der Waals surface area (Å²) >= 11 is 2.99. The van der Waals surface area contributed by atoms with E-state index in [9.17, 15) is 9.90 Å². The van der Waals surface area contributed by atoms with Crippen molar-refractivity contribution in [3.05, 3.63) is 66.2 Å². The van der Waals surface area contributed by atoms with E-state index in [2.05, 4.69) is 15.0 Å². The molecule has 0 saturated carbocycles. The summed E-state index contributed by atoms with van der Waals surface area (Å²) in [6.45, 7) is 0. The average molecular weight is 389 g/mol. The number of pyridine rings is 1. The quantitative estimate of drug-likeness (QED) is 0.451. The zero-order chi connectivity index (χ0) is 18.4. The van der Waals surface area contributed by atoms with Gasteiger partial charge in [-0.05, 0) is 36.4 Å². The van der Waals surface area contributed by atoms with E-state index in [1.807, 2.05) is 48.5 Å². The second-order valence-electron chi connectivity index (χ2n) is 5.90. The fourth-order valence-corrected chi connectivity index (χ4v) is 4.69. The molecular weight excluding hydrogens is 378 g/mol. The van der Waals surface area contributed by atoms with Crippen LogP contribution < -0.4 is 0 Å². The number of carbonyl (C=O) groups is 1. The van der Waals surface area contributed by atoms with Crippen LogP contribution in [0.4, 0.5) is 0 Å². The summed E-state index contributed by atoms with van der Waals surface area (Å²) in [5, 5.41) is 10.9. The van der Waals surface area contributed by atoms with E-state index in [0.717, 1.165) is 20.4 Å². The van der Waals surface area contributed by atoms with E-state index >= 15 is 0 Å². The standard InChI is InChI=1S/C20H11N3O2S2/c24-20(25)11-9-14(18-22-12-5-1-3-7-16(12)26-18)21-15(10-11)19-23-13-6-2-4-8-17(13)27-19/h1-10H,(H,24,25). The number of rotatable bonds is 3. The van der Waals surface area contributed by atoms with Crippen LogP contribution >= 0.6 is 22.7 Å². The molecule has 0 radical (unpaired) electrons. The maximum Gasteiger partial charge on any atom is 0.335 e. The number of aromatic carboxylic acids is 1. The first-order chi connectivity index (χ1) is 13.2. The number of hydrogen-bond acceptors (Lipinski definition) is 6. The minimum absolute atomic E-state index is 0.175. The topological polar surface area (TPSA) is 76.0 Å². The molecule has 0 aliphatic carbocycles. The van der Waals surface area contributed by atoms with Crippen molar-refractivity contribution in [2.75, 3.05) is 0 Å². The highest BCUT2D eigenvalue weighted by atomic mass is 32.1. The van der Waals surface area contributed by atoms with Crippen molar-refractivity contribution in [1.82, 2.24) is 15.0 Å². The molecule has 0 aliphatic rings. The molecule has 0 unspecified atom stereocenters. The van der Waals surface area contributed by atoms with Crippen molar-refractivity contribution < 1.29 is 9.90 Å². The summed E-state index contributed by atoms with van der Waals surface area (Å²) in [5.74, 6) is -0.998. The van der Waals surface area contributed by atoms with Gasteiger partial charge in [0.1, 0.15) is 21.4 Å². The minimum Gasteiger partial charge on any atom is -0.478 e. The largest absolute Gasteiger partial charge is 0.478 e. The van der Waals surface area contributed by atoms with Gasteiger partial charge in [-0.25, -0.2) is 19.7 Å². The van der Waals surface area contributed by atoms with Crippen molar-refractivity contribution in [2.45, 2.75) is 0 Å². The molecule has 3 aromatic heterocycles. The van der Waals surface area contributed by atoms with Gasteiger partial charge in [-0.2, -0.15) is 0 Å². The lowest BCUT2D eigenvalue weighted by Gasteiger charge is -2.03. The number of carboxylic acid groups (broad SMARTS) is 1. The molecule has 0 atom stereocenters. The van der Waals surface area contributed by atoms with E-state index in [-0.39, 0.29) is 5.56 Å². The Hall–Kier alpha value is -3.16. The van der Waals surface area contributed by atoms with Crippen molar-refractivity contribution in [3.63, 3.8) is 0 Å². The first-order valence-corrected chi connectivity index (χ1v) is 9.78. The normalized spacial score (nSPS) is 11.3. The van der Waals surface area contributed by atoms with Crippen LogP contribution in [0.5, 0.6) is 0 Å². The molecule has 0 amide bonds. The number of thiazole rings is 2. The van der Waals surface area contributed by atoms with Gasteiger partial charge in [-0.3, -0.25) is 0 Å². The Morgan fingerprint density at radius 3 is 1.67 bits per heavy atom. The lowest BCUT2D eigenvalue weighted by atomic mass is 10.2. The third-order valence-corrected chi connectivity index (χ3v) is 6.22. The number of aromatic nitrogens is 3. The van der Waals surface area contributed by atoms with Crippen LogP contribution in [0.3, 0.4) is 0 Å². The summed E-state index contributed by atoms with van der Waals surface area (Å²) in [5.41, 5.74) is 3.02. The number of hydrogen-bond donors (Lipinski definition) is 1. The smallest absolute Gasteiger partial charge is 0.335 e. The molecule has 0 aliphatic heterocycles. The fourth-order valence-electron chi connectivity index (χ4n) is 2.84. The molecule has 5 aromatic rings. The lowest BCUT2D eigenvalue weighted by molar-refractivity contribution is 0.0697. The molecule has 2 aromatic carbocycles. The summed E-state index contributed by atoms with van der Waals surface area (Å²) in [4.78, 5) is 25.5. The Balaban J connectivity index is 1.70. The van der Waals surface area contributed by atoms with Gasteiger partial charge in [0.15, 0.2) is 0 Å². The van der Waals surface area contributed by atoms with Crippen LogP contribution in [0.25, 0.3) is 41.8 Å². The molecule has 1 N–H and O–H groups in total. The van der Waals surface area contributed by atoms with Crippen LogP contribution in [-0.4, -0.2) is 26.0 Å². The highest BCUT2D eigenvalue weighted by molar-refractivity contribution is 7.22. The Morgan fingerprint density at radius 1 is 0.741 bits per heavy atom. The van der Waals surface area contributed by atoms with Crippen LogP contribution in [0, 0.1) is 0 Å². The number of benzene rings is 2. The van der Waals surface area contributed by atoms with E-state index in [1.165, 1.54) is 22.7 Å². The van der Waals surface area contributed by atoms with Crippen LogP contribution in [0.2, 0.25) is 0 Å². The van der Waals surface area contributed by atoms with Crippen molar-refractivity contribution in [3.8, 4) is 21.4 Å². The van der Waals surface area contributed by atoms with Crippen LogP contribution in [0.1, 0.15) is 10.4 Å². The Morgan fingerprint density at radius 2 is 1.22 bits per heavy atom. The third kappa shape index (κ3) is 2.87. The minimum atomic E-state index is -0.998. The van der Waals surface area contributed by atoms with E-state index in [4.69, 9.17) is 0 Å². The molecule has 0 saturated heterocycles. The van der Waals surface area contributed by atoms with Crippen molar-refractivity contribution in [1.29, 1.82) is 0 Å². The first-order valence-electron chi connectivity index (χ1n) is 8.15. The van der Waals surface area contributed by atoms with Gasteiger partial charge in [0.05, 0.1) is 26.0 Å². The van der Waals surface area contributed by atoms with Crippen LogP contribution in [0.15, 0.2) is 60.7 Å². The molecule has 130 valence electrons. The summed E-state index contributed by atoms with van der Waals surface area (Å²) in [6, 6.07) is 18.8. The molecule has 5 rings (SSSR count). The number of nitrogens with zero attached hydrogens (tertiary/aromatic N) is 3. The highest BCUT2D eigenvalue weighted by Gasteiger charge is 2.16. The maximum atomic E-state index is 11.7. The second-order valence-corrected chi connectivity index (χ2v) is 7.97. The SMILES string of the molecule is O=C(O)c1cc(-c2nc3ccccc3s2)nc(-c2nc3ccccc3s2)c1. The molecule has 7 heteroatoms. The molecular formula is C20H11N3O2S2. The lowest BCUT2D eigenvalue weighted by Crippen LogP contribution is -1.99. The third-order valence-electron chi connectivity index (χ3n) is 4.10. The Labute approximate surface area is 161 Å². The molecule has 0 fully saturated rings. The van der Waals surface area contributed by atoms with Gasteiger partial charge in [-0.15, -0.1) is 22.7 Å². The molecule has 0 bridgehead atoms. The predicted molar refractivity (Wildman–Crippen MR) is 108 cm³/mol. The highest BCUT2D eigenvalue weighted by Crippen LogP contribution is 2.33. The summed E-state index contributed by atoms with van der Waals surface area (Å²) in [6.07, 6.45) is 0. The summed E-state index contributed by atoms with van der Waals surface area (Å²) < 4.78 is 2.08. The van der Waals surface area contributed by atoms with Crippen molar-refractivity contribution >= 4 is 49.1 Å². The zero-order valence-corrected chi connectivity index (χ0v) is 15.4. The number of carboxylic acids is 1. The van der Waals surface area contributed by atoms with Crippen molar-refractivity contribution in [2.24, 2.45) is 0 Å². The molecule has 3 heterocycles. The van der Waals surface area contributed by atoms with Gasteiger partial charge < -0.3 is 5.11 Å².